The first-order valence-electron chi connectivity index (χ1n) is 30.6. The number of pyridine rings is 2. The van der Waals surface area contributed by atoms with E-state index in [0.717, 1.165) is 88.8 Å². The van der Waals surface area contributed by atoms with E-state index in [1.54, 1.807) is 32.0 Å². The molecule has 7 aromatic carbocycles. The number of thiophene rings is 1. The van der Waals surface area contributed by atoms with E-state index in [1.165, 1.54) is 42.8 Å². The predicted molar refractivity (Wildman–Crippen MR) is 359 cm³/mol. The van der Waals surface area contributed by atoms with Crippen molar-refractivity contribution in [3.05, 3.63) is 203 Å². The average Bonchev–Trinajstić information content (AvgIpc) is 1.59. The number of halogens is 4. The number of fused-ring (bicyclic) bond motifs is 6. The zero-order valence-corrected chi connectivity index (χ0v) is 57.0. The molecule has 0 atom stereocenters. The fourth-order valence-corrected chi connectivity index (χ4v) is 12.8. The van der Waals surface area contributed by atoms with E-state index in [4.69, 9.17) is 0 Å². The van der Waals surface area contributed by atoms with Gasteiger partial charge in [0.25, 0.3) is 0 Å². The molecule has 0 aliphatic rings. The van der Waals surface area contributed by atoms with Crippen LogP contribution in [-0.2, 0) is 49.3 Å². The van der Waals surface area contributed by atoms with E-state index in [0.29, 0.717) is 27.9 Å². The molecule has 0 fully saturated rings. The van der Waals surface area contributed by atoms with Gasteiger partial charge in [-0.25, -0.2) is 0 Å². The Balaban J connectivity index is 0.000000207. The Bertz CT molecular complexity index is 4070. The largest absolute Gasteiger partial charge is 0.512 e. The number of rotatable bonds is 13. The summed E-state index contributed by atoms with van der Waals surface area (Å²) in [5, 5.41) is 16.6. The quantitative estimate of drug-likeness (QED) is 0.0541. The summed E-state index contributed by atoms with van der Waals surface area (Å²) in [5.74, 6) is 0.355. The van der Waals surface area contributed by atoms with Crippen molar-refractivity contribution in [1.82, 2.24) is 9.97 Å². The predicted octanol–water partition coefficient (Wildman–Crippen LogP) is 23.2. The fourth-order valence-electron chi connectivity index (χ4n) is 11.6. The van der Waals surface area contributed by atoms with Gasteiger partial charge in [0.05, 0.1) is 11.3 Å². The molecule has 0 saturated carbocycles. The Hall–Kier alpha value is -6.84. The van der Waals surface area contributed by atoms with E-state index >= 15 is 0 Å². The summed E-state index contributed by atoms with van der Waals surface area (Å²) in [6.07, 6.45) is 5.21. The number of benzene rings is 7. The third-order valence-corrected chi connectivity index (χ3v) is 17.4. The molecule has 3 aromatic heterocycles. The van der Waals surface area contributed by atoms with Gasteiger partial charge in [0.15, 0.2) is 5.78 Å². The smallest absolute Gasteiger partial charge is 0.418 e. The number of carbonyl (C=O) groups excluding carboxylic acids is 1. The van der Waals surface area contributed by atoms with Crippen LogP contribution in [0.5, 0.6) is 0 Å². The van der Waals surface area contributed by atoms with Gasteiger partial charge in [-0.2, -0.15) is 13.2 Å². The van der Waals surface area contributed by atoms with Crippen molar-refractivity contribution >= 4 is 58.8 Å². The number of carbonyl (C=O) groups is 1. The van der Waals surface area contributed by atoms with Gasteiger partial charge in [-0.15, -0.1) is 58.2 Å². The number of allylic oxidation sites excluding steroid dienone is 2. The number of nitrogens with zero attached hydrogens (tertiary/aromatic N) is 2. The number of ketones is 1. The van der Waals surface area contributed by atoms with E-state index in [9.17, 15) is 27.5 Å². The van der Waals surface area contributed by atoms with Crippen molar-refractivity contribution in [2.75, 3.05) is 0 Å². The van der Waals surface area contributed by atoms with Crippen LogP contribution in [0.15, 0.2) is 152 Å². The van der Waals surface area contributed by atoms with Gasteiger partial charge >= 0.3 is 6.18 Å². The molecule has 10 heteroatoms. The second kappa shape index (κ2) is 28.3. The number of aromatic nitrogens is 2. The third-order valence-electron chi connectivity index (χ3n) is 16.2. The van der Waals surface area contributed by atoms with Crippen LogP contribution in [0.1, 0.15) is 149 Å². The first kappa shape index (κ1) is 68.6. The van der Waals surface area contributed by atoms with Crippen LogP contribution in [0.4, 0.5) is 17.6 Å². The molecule has 3 heterocycles. The molecule has 0 aliphatic carbocycles. The average molecular weight is 1380 g/mol. The molecule has 88 heavy (non-hydrogen) atoms. The molecule has 0 spiro atoms. The number of aryl methyl sites for hydroxylation is 2. The summed E-state index contributed by atoms with van der Waals surface area (Å²) >= 11 is 1.83. The number of hydrogen-bond donors (Lipinski definition) is 1. The van der Waals surface area contributed by atoms with Gasteiger partial charge < -0.3 is 10.1 Å². The molecule has 1 radical (unpaired) electrons. The molecule has 0 saturated heterocycles. The van der Waals surface area contributed by atoms with Gasteiger partial charge in [-0.3, -0.25) is 14.2 Å². The normalized spacial score (nSPS) is 12.4. The van der Waals surface area contributed by atoms with Gasteiger partial charge in [0.2, 0.25) is 0 Å². The Labute approximate surface area is 537 Å². The number of aliphatic hydroxyl groups excluding tert-OH is 1. The van der Waals surface area contributed by atoms with Crippen molar-refractivity contribution in [3.8, 4) is 44.8 Å². The maximum absolute atomic E-state index is 14.2. The summed E-state index contributed by atoms with van der Waals surface area (Å²) in [6.45, 7) is 31.5. The van der Waals surface area contributed by atoms with Gasteiger partial charge in [-0.1, -0.05) is 217 Å². The Morgan fingerprint density at radius 1 is 0.602 bits per heavy atom. The van der Waals surface area contributed by atoms with Crippen LogP contribution in [0.2, 0.25) is 0 Å². The third kappa shape index (κ3) is 16.5. The van der Waals surface area contributed by atoms with Crippen LogP contribution < -0.4 is 0 Å². The molecule has 10 aromatic rings. The maximum Gasteiger partial charge on any atom is 0.418 e. The van der Waals surface area contributed by atoms with E-state index in [-0.39, 0.29) is 71.1 Å². The molecule has 10 rings (SSSR count). The molecule has 0 aliphatic heterocycles. The molecule has 1 N–H and O–H groups in total. The Morgan fingerprint density at radius 3 is 1.76 bits per heavy atom. The van der Waals surface area contributed by atoms with Crippen molar-refractivity contribution in [2.24, 2.45) is 22.7 Å². The van der Waals surface area contributed by atoms with Gasteiger partial charge in [0.1, 0.15) is 0 Å². The minimum Gasteiger partial charge on any atom is -0.512 e. The van der Waals surface area contributed by atoms with Crippen LogP contribution in [-0.4, -0.2) is 20.9 Å². The Kier molecular flexibility index (Phi) is 22.1. The fraction of sp³-hybridized carbons (Fsp3) is 0.346. The maximum atomic E-state index is 14.2. The number of hydrogen-bond acceptors (Lipinski definition) is 5. The zero-order chi connectivity index (χ0) is 63.3. The van der Waals surface area contributed by atoms with Crippen LogP contribution in [0, 0.1) is 54.5 Å². The van der Waals surface area contributed by atoms with Crippen LogP contribution in [0.25, 0.3) is 86.5 Å². The summed E-state index contributed by atoms with van der Waals surface area (Å²) in [5.41, 5.74) is 9.85. The summed E-state index contributed by atoms with van der Waals surface area (Å²) in [6, 6.07) is 49.0. The zero-order valence-electron chi connectivity index (χ0n) is 53.8. The first-order chi connectivity index (χ1) is 41.0. The van der Waals surface area contributed by atoms with Gasteiger partial charge in [0, 0.05) is 82.1 Å². The molecule has 0 amide bonds. The van der Waals surface area contributed by atoms with Crippen LogP contribution in [0.3, 0.4) is 0 Å². The summed E-state index contributed by atoms with van der Waals surface area (Å²) < 4.78 is 59.2. The topological polar surface area (TPSA) is 63.1 Å². The summed E-state index contributed by atoms with van der Waals surface area (Å²) in [7, 11) is 0. The van der Waals surface area contributed by atoms with Crippen LogP contribution >= 0.6 is 11.3 Å². The van der Waals surface area contributed by atoms with Crippen molar-refractivity contribution in [3.63, 3.8) is 0 Å². The number of aliphatic hydroxyl groups is 1. The van der Waals surface area contributed by atoms with E-state index in [2.05, 4.69) is 151 Å². The molecular formula is C78H84F4IrN2O2S-2. The standard InChI is InChI=1S/C37H35F3N.C28H25FNS.C13H24O2.Ir/c1-35(2,3)22-24-11-13-25(14-12-24)26-15-17-27(18-16-26)31-21-34(41-23-33(31)37(38,39)40)29-19-28-9-7-8-10-30(28)32(20-29)36(4,5)6;1-16-12-19(13-17(2)25(16)29)26-20-7-8-21-23-14-18(15-28(3,4)5)6-9-24(23)31-27(21)22(20)10-11-30-26;1-5-10(6-2)12(14)9-13(15)11(7-3)8-4;/h7-18,20-21,23H,22H2,1-6H3;6-12,14H,15H2,1-5H3;9-11,14H,5-8H2,1-4H3;/q2*-1;;/b;;12-9-;. The van der Waals surface area contributed by atoms with Crippen molar-refractivity contribution in [1.29, 1.82) is 0 Å². The first-order valence-corrected chi connectivity index (χ1v) is 31.4. The molecule has 0 bridgehead atoms. The minimum atomic E-state index is -4.54. The van der Waals surface area contributed by atoms with E-state index < -0.39 is 11.7 Å². The minimum absolute atomic E-state index is 0. The SMILES string of the molecule is CC(C)(C)Cc1ccc(-c2ccc(-c3cc(-c4[c-]c5ccccc5c(C(C)(C)C)c4)ncc3C(F)(F)F)cc2)cc1.CCC(CC)C(=O)/C=C(\O)C(CC)CC.Cc1[c-]c(-c2nccc3c2ccc2c4cc(CC(C)(C)C)ccc4sc32)cc(C)c1F.[Ir]. The molecule has 463 valence electrons. The molecule has 0 unspecified atom stereocenters. The van der Waals surface area contributed by atoms with Crippen molar-refractivity contribution in [2.45, 2.75) is 154 Å². The van der Waals surface area contributed by atoms with Crippen molar-refractivity contribution < 1.29 is 47.6 Å². The monoisotopic (exact) mass is 1380 g/mol. The molecule has 4 nitrogen and oxygen atoms in total. The van der Waals surface area contributed by atoms with Gasteiger partial charge in [-0.05, 0) is 123 Å². The Morgan fingerprint density at radius 2 is 1.17 bits per heavy atom. The summed E-state index contributed by atoms with van der Waals surface area (Å²) in [4.78, 5) is 20.6. The number of alkyl halides is 3. The van der Waals surface area contributed by atoms with E-state index in [1.807, 2.05) is 87.7 Å². The molecular weight excluding hydrogens is 1300 g/mol. The second-order valence-electron chi connectivity index (χ2n) is 26.7. The second-order valence-corrected chi connectivity index (χ2v) is 27.7.